The summed E-state index contributed by atoms with van der Waals surface area (Å²) < 4.78 is 26.4. The third-order valence-corrected chi connectivity index (χ3v) is 6.35. The van der Waals surface area contributed by atoms with Crippen molar-refractivity contribution in [1.82, 2.24) is 4.31 Å². The lowest BCUT2D eigenvalue weighted by atomic mass is 9.82. The molecule has 4 nitrogen and oxygen atoms in total. The fourth-order valence-electron chi connectivity index (χ4n) is 3.17. The minimum Gasteiger partial charge on any atom is -0.212 e. The van der Waals surface area contributed by atoms with Crippen LogP contribution in [0.5, 0.6) is 0 Å². The molecule has 0 aliphatic carbocycles. The highest BCUT2D eigenvalue weighted by atomic mass is 32.2. The summed E-state index contributed by atoms with van der Waals surface area (Å²) in [4.78, 5) is 0. The average Bonchev–Trinajstić information content (AvgIpc) is 2.52. The van der Waals surface area contributed by atoms with E-state index in [4.69, 9.17) is 5.26 Å². The molecule has 1 heterocycles. The molecule has 1 aromatic rings. The maximum absolute atomic E-state index is 12.4. The molecule has 1 aromatic carbocycles. The molecule has 120 valence electrons. The van der Waals surface area contributed by atoms with Crippen LogP contribution in [0.25, 0.3) is 0 Å². The topological polar surface area (TPSA) is 61.2 Å². The third-order valence-electron chi connectivity index (χ3n) is 4.43. The fourth-order valence-corrected chi connectivity index (χ4v) is 4.85. The van der Waals surface area contributed by atoms with Crippen molar-refractivity contribution in [3.63, 3.8) is 0 Å². The van der Waals surface area contributed by atoms with Crippen molar-refractivity contribution in [3.05, 3.63) is 35.9 Å². The van der Waals surface area contributed by atoms with E-state index in [0.717, 1.165) is 6.42 Å². The van der Waals surface area contributed by atoms with Gasteiger partial charge in [0.05, 0.1) is 11.8 Å². The number of nitrogens with zero attached hydrogens (tertiary/aromatic N) is 2. The Morgan fingerprint density at radius 2 is 2.00 bits per heavy atom. The van der Waals surface area contributed by atoms with Crippen LogP contribution >= 0.6 is 0 Å². The van der Waals surface area contributed by atoms with Crippen LogP contribution in [0.15, 0.2) is 30.3 Å². The zero-order chi connectivity index (χ0) is 16.0. The molecule has 5 heteroatoms. The van der Waals surface area contributed by atoms with Gasteiger partial charge < -0.3 is 0 Å². The van der Waals surface area contributed by atoms with Crippen molar-refractivity contribution < 1.29 is 8.42 Å². The Kier molecular flexibility index (Phi) is 5.98. The van der Waals surface area contributed by atoms with E-state index in [2.05, 4.69) is 25.1 Å². The molecule has 1 aliphatic rings. The quantitative estimate of drug-likeness (QED) is 0.757. The van der Waals surface area contributed by atoms with Crippen LogP contribution in [0.1, 0.15) is 44.1 Å². The van der Waals surface area contributed by atoms with Crippen molar-refractivity contribution in [1.29, 1.82) is 5.26 Å². The Morgan fingerprint density at radius 1 is 1.27 bits per heavy atom. The smallest absolute Gasteiger partial charge is 0.212 e. The zero-order valence-corrected chi connectivity index (χ0v) is 13.9. The molecule has 2 rings (SSSR count). The first-order chi connectivity index (χ1) is 10.5. The summed E-state index contributed by atoms with van der Waals surface area (Å²) in [5.41, 5.74) is 1.31. The molecule has 0 aromatic heterocycles. The molecule has 1 saturated heterocycles. The van der Waals surface area contributed by atoms with Gasteiger partial charge in [-0.2, -0.15) is 5.26 Å². The van der Waals surface area contributed by atoms with Gasteiger partial charge in [0, 0.05) is 19.5 Å². The van der Waals surface area contributed by atoms with Crippen molar-refractivity contribution in [3.8, 4) is 6.07 Å². The van der Waals surface area contributed by atoms with E-state index in [1.54, 1.807) is 4.31 Å². The lowest BCUT2D eigenvalue weighted by Gasteiger charge is -2.36. The fraction of sp³-hybridized carbons (Fsp3) is 0.588. The number of nitriles is 1. The first kappa shape index (κ1) is 17.0. The number of piperidine rings is 1. The SMILES string of the molecule is CC1CN(S(=O)(=O)CCCCC#N)CCC1c1ccccc1. The number of hydrogen-bond acceptors (Lipinski definition) is 3. The van der Waals surface area contributed by atoms with E-state index in [1.807, 2.05) is 18.2 Å². The summed E-state index contributed by atoms with van der Waals surface area (Å²) in [5.74, 6) is 0.925. The number of rotatable bonds is 6. The van der Waals surface area contributed by atoms with E-state index in [1.165, 1.54) is 5.56 Å². The van der Waals surface area contributed by atoms with Crippen LogP contribution in [-0.2, 0) is 10.0 Å². The van der Waals surface area contributed by atoms with Gasteiger partial charge in [0.1, 0.15) is 0 Å². The lowest BCUT2D eigenvalue weighted by Crippen LogP contribution is -2.43. The van der Waals surface area contributed by atoms with Crippen molar-refractivity contribution in [2.45, 2.75) is 38.5 Å². The molecule has 2 atom stereocenters. The van der Waals surface area contributed by atoms with E-state index in [9.17, 15) is 8.42 Å². The Balaban J connectivity index is 1.93. The highest BCUT2D eigenvalue weighted by molar-refractivity contribution is 7.89. The van der Waals surface area contributed by atoms with E-state index in [-0.39, 0.29) is 5.75 Å². The largest absolute Gasteiger partial charge is 0.214 e. The van der Waals surface area contributed by atoms with E-state index < -0.39 is 10.0 Å². The minimum atomic E-state index is -3.18. The maximum atomic E-state index is 12.4. The van der Waals surface area contributed by atoms with Crippen LogP contribution in [0.4, 0.5) is 0 Å². The molecular weight excluding hydrogens is 296 g/mol. The van der Waals surface area contributed by atoms with Crippen LogP contribution in [0, 0.1) is 17.2 Å². The van der Waals surface area contributed by atoms with Gasteiger partial charge in [-0.25, -0.2) is 12.7 Å². The summed E-state index contributed by atoms with van der Waals surface area (Å²) in [7, 11) is -3.18. The van der Waals surface area contributed by atoms with Gasteiger partial charge in [-0.1, -0.05) is 37.3 Å². The average molecular weight is 320 g/mol. The predicted octanol–water partition coefficient (Wildman–Crippen LogP) is 3.14. The molecule has 0 amide bonds. The molecular formula is C17H24N2O2S. The first-order valence-corrected chi connectivity index (χ1v) is 9.55. The maximum Gasteiger partial charge on any atom is 0.214 e. The Labute approximate surface area is 133 Å². The standard InChI is InChI=1S/C17H24N2O2S/c1-15-14-19(22(20,21)13-7-3-6-11-18)12-10-17(15)16-8-4-2-5-9-16/h2,4-5,8-9,15,17H,3,6-7,10,12-14H2,1H3. The van der Waals surface area contributed by atoms with Crippen molar-refractivity contribution >= 4 is 10.0 Å². The Hall–Kier alpha value is -1.38. The molecule has 2 unspecified atom stereocenters. The molecule has 22 heavy (non-hydrogen) atoms. The zero-order valence-electron chi connectivity index (χ0n) is 13.1. The number of sulfonamides is 1. The summed E-state index contributed by atoms with van der Waals surface area (Å²) in [5, 5.41) is 8.51. The van der Waals surface area contributed by atoms with Gasteiger partial charge in [-0.05, 0) is 36.7 Å². The predicted molar refractivity (Wildman–Crippen MR) is 87.8 cm³/mol. The molecule has 0 bridgehead atoms. The summed E-state index contributed by atoms with van der Waals surface area (Å²) in [6.07, 6.45) is 2.54. The van der Waals surface area contributed by atoms with Gasteiger partial charge in [-0.3, -0.25) is 0 Å². The number of benzene rings is 1. The Morgan fingerprint density at radius 3 is 2.64 bits per heavy atom. The van der Waals surface area contributed by atoms with Gasteiger partial charge in [-0.15, -0.1) is 0 Å². The highest BCUT2D eigenvalue weighted by Gasteiger charge is 2.32. The molecule has 1 aliphatic heterocycles. The first-order valence-electron chi connectivity index (χ1n) is 7.94. The summed E-state index contributed by atoms with van der Waals surface area (Å²) >= 11 is 0. The normalized spacial score (nSPS) is 23.1. The molecule has 0 radical (unpaired) electrons. The summed E-state index contributed by atoms with van der Waals surface area (Å²) in [6, 6.07) is 12.4. The van der Waals surface area contributed by atoms with Crippen molar-refractivity contribution in [2.75, 3.05) is 18.8 Å². The minimum absolute atomic E-state index is 0.164. The second-order valence-corrected chi connectivity index (χ2v) is 8.16. The molecule has 1 fully saturated rings. The van der Waals surface area contributed by atoms with Crippen LogP contribution < -0.4 is 0 Å². The highest BCUT2D eigenvalue weighted by Crippen LogP contribution is 2.33. The Bertz CT molecular complexity index is 607. The number of hydrogen-bond donors (Lipinski definition) is 0. The van der Waals surface area contributed by atoms with Gasteiger partial charge in [0.25, 0.3) is 0 Å². The summed E-state index contributed by atoms with van der Waals surface area (Å²) in [6.45, 7) is 3.33. The molecule has 0 saturated carbocycles. The van der Waals surface area contributed by atoms with Crippen LogP contribution in [0.3, 0.4) is 0 Å². The second-order valence-electron chi connectivity index (χ2n) is 6.07. The van der Waals surface area contributed by atoms with Crippen LogP contribution in [-0.4, -0.2) is 31.6 Å². The van der Waals surface area contributed by atoms with Gasteiger partial charge in [0.2, 0.25) is 10.0 Å². The van der Waals surface area contributed by atoms with Gasteiger partial charge >= 0.3 is 0 Å². The molecule has 0 spiro atoms. The van der Waals surface area contributed by atoms with Gasteiger partial charge in [0.15, 0.2) is 0 Å². The lowest BCUT2D eigenvalue weighted by molar-refractivity contribution is 0.248. The van der Waals surface area contributed by atoms with E-state index >= 15 is 0 Å². The second kappa shape index (κ2) is 7.75. The number of unbranched alkanes of at least 4 members (excludes halogenated alkanes) is 2. The van der Waals surface area contributed by atoms with E-state index in [0.29, 0.717) is 44.2 Å². The monoisotopic (exact) mass is 320 g/mol. The van der Waals surface area contributed by atoms with Crippen LogP contribution in [0.2, 0.25) is 0 Å². The third kappa shape index (κ3) is 4.31. The van der Waals surface area contributed by atoms with Crippen molar-refractivity contribution in [2.24, 2.45) is 5.92 Å². The molecule has 0 N–H and O–H groups in total.